The number of ketones is 1. The molecule has 2 atom stereocenters. The summed E-state index contributed by atoms with van der Waals surface area (Å²) in [5.41, 5.74) is 11.0. The van der Waals surface area contributed by atoms with Gasteiger partial charge in [0, 0.05) is 44.1 Å². The second kappa shape index (κ2) is 10.5. The largest absolute Gasteiger partial charge is 0.346 e. The van der Waals surface area contributed by atoms with Crippen LogP contribution >= 0.6 is 0 Å². The maximum atomic E-state index is 12.4. The lowest BCUT2D eigenvalue weighted by molar-refractivity contribution is -0.129. The lowest BCUT2D eigenvalue weighted by Crippen LogP contribution is -2.32. The predicted octanol–water partition coefficient (Wildman–Crippen LogP) is 4.11. The van der Waals surface area contributed by atoms with Crippen molar-refractivity contribution in [1.29, 1.82) is 0 Å². The molecule has 0 aromatic heterocycles. The van der Waals surface area contributed by atoms with Gasteiger partial charge in [0.25, 0.3) is 0 Å². The Morgan fingerprint density at radius 2 is 1.77 bits per heavy atom. The van der Waals surface area contributed by atoms with Gasteiger partial charge in [0.15, 0.2) is 5.78 Å². The molecule has 30 heavy (non-hydrogen) atoms. The average molecular weight is 408 g/mol. The lowest BCUT2D eigenvalue weighted by atomic mass is 9.99. The van der Waals surface area contributed by atoms with Gasteiger partial charge in [0.05, 0.1) is 0 Å². The van der Waals surface area contributed by atoms with E-state index in [2.05, 4.69) is 35.1 Å². The fourth-order valence-electron chi connectivity index (χ4n) is 3.89. The Labute approximate surface area is 179 Å². The molecule has 1 saturated heterocycles. The minimum atomic E-state index is 0.0341. The van der Waals surface area contributed by atoms with Crippen LogP contribution in [-0.2, 0) is 4.79 Å². The molecule has 1 fully saturated rings. The highest BCUT2D eigenvalue weighted by Gasteiger charge is 2.24. The van der Waals surface area contributed by atoms with E-state index in [1.807, 2.05) is 45.2 Å². The van der Waals surface area contributed by atoms with Crippen molar-refractivity contribution in [2.75, 3.05) is 13.6 Å². The molecular weight excluding hydrogens is 374 g/mol. The number of hydrogen-bond donors (Lipinski definition) is 2. The van der Waals surface area contributed by atoms with Crippen molar-refractivity contribution < 1.29 is 9.59 Å². The summed E-state index contributed by atoms with van der Waals surface area (Å²) in [5.74, 6) is 0.0693. The molecule has 2 N–H and O–H groups in total. The van der Waals surface area contributed by atoms with E-state index in [9.17, 15) is 9.59 Å². The van der Waals surface area contributed by atoms with E-state index in [4.69, 9.17) is 0 Å². The first-order valence-electron chi connectivity index (χ1n) is 10.8. The Bertz CT molecular complexity index is 866. The zero-order chi connectivity index (χ0) is 21.5. The third kappa shape index (κ3) is 6.00. The van der Waals surface area contributed by atoms with Crippen molar-refractivity contribution in [3.63, 3.8) is 0 Å². The summed E-state index contributed by atoms with van der Waals surface area (Å²) in [6, 6.07) is 16.9. The van der Waals surface area contributed by atoms with Gasteiger partial charge < -0.3 is 4.90 Å². The molecule has 1 heterocycles. The Kier molecular flexibility index (Phi) is 7.77. The van der Waals surface area contributed by atoms with Gasteiger partial charge in [-0.2, -0.15) is 0 Å². The van der Waals surface area contributed by atoms with E-state index in [-0.39, 0.29) is 24.5 Å². The van der Waals surface area contributed by atoms with Gasteiger partial charge in [-0.05, 0) is 55.9 Å². The molecule has 0 radical (unpaired) electrons. The van der Waals surface area contributed by atoms with Crippen LogP contribution in [0.15, 0.2) is 48.5 Å². The summed E-state index contributed by atoms with van der Waals surface area (Å²) in [4.78, 5) is 26.5. The first-order valence-corrected chi connectivity index (χ1v) is 10.8. The van der Waals surface area contributed by atoms with Crippen LogP contribution in [0.1, 0.15) is 65.2 Å². The summed E-state index contributed by atoms with van der Waals surface area (Å²) in [6.07, 6.45) is 3.52. The second-order valence-electron chi connectivity index (χ2n) is 8.36. The number of carbonyl (C=O) groups excluding carboxylic acids is 2. The highest BCUT2D eigenvalue weighted by Crippen LogP contribution is 2.23. The number of Topliss-reactive ketones (excluding diaryl/α,β-unsaturated/α-hetero) is 1. The maximum absolute atomic E-state index is 12.4. The van der Waals surface area contributed by atoms with Gasteiger partial charge in [0.2, 0.25) is 5.91 Å². The van der Waals surface area contributed by atoms with E-state index in [0.717, 1.165) is 24.8 Å². The first-order chi connectivity index (χ1) is 14.4. The molecule has 1 aliphatic rings. The van der Waals surface area contributed by atoms with Crippen LogP contribution < -0.4 is 10.9 Å². The topological polar surface area (TPSA) is 61.4 Å². The molecule has 160 valence electrons. The molecule has 0 saturated carbocycles. The molecule has 2 aromatic rings. The number of aryl methyl sites for hydroxylation is 2. The SMILES string of the molecule is Cc1ccc(C(=O)CCC(=O)N(C)CCCC2CC(c3ccccc3)NN2)cc1C. The highest BCUT2D eigenvalue weighted by atomic mass is 16.2. The van der Waals surface area contributed by atoms with Crippen LogP contribution in [0.4, 0.5) is 0 Å². The Morgan fingerprint density at radius 3 is 2.50 bits per heavy atom. The molecule has 1 aliphatic heterocycles. The number of nitrogens with zero attached hydrogens (tertiary/aromatic N) is 1. The second-order valence-corrected chi connectivity index (χ2v) is 8.36. The predicted molar refractivity (Wildman–Crippen MR) is 120 cm³/mol. The van der Waals surface area contributed by atoms with E-state index >= 15 is 0 Å². The summed E-state index contributed by atoms with van der Waals surface area (Å²) in [7, 11) is 1.83. The molecule has 5 nitrogen and oxygen atoms in total. The van der Waals surface area contributed by atoms with E-state index in [1.54, 1.807) is 4.90 Å². The van der Waals surface area contributed by atoms with Crippen molar-refractivity contribution in [3.8, 4) is 0 Å². The summed E-state index contributed by atoms with van der Waals surface area (Å²) in [5, 5.41) is 0. The van der Waals surface area contributed by atoms with Gasteiger partial charge in [0.1, 0.15) is 0 Å². The third-order valence-electron chi connectivity index (χ3n) is 6.05. The fraction of sp³-hybridized carbons (Fsp3) is 0.440. The van der Waals surface area contributed by atoms with Crippen LogP contribution in [0.3, 0.4) is 0 Å². The minimum absolute atomic E-state index is 0.0341. The third-order valence-corrected chi connectivity index (χ3v) is 6.05. The van der Waals surface area contributed by atoms with Crippen molar-refractivity contribution >= 4 is 11.7 Å². The summed E-state index contributed by atoms with van der Waals surface area (Å²) >= 11 is 0. The molecular formula is C25H33N3O2. The van der Waals surface area contributed by atoms with Gasteiger partial charge >= 0.3 is 0 Å². The molecule has 0 spiro atoms. The zero-order valence-corrected chi connectivity index (χ0v) is 18.3. The minimum Gasteiger partial charge on any atom is -0.346 e. The maximum Gasteiger partial charge on any atom is 0.222 e. The van der Waals surface area contributed by atoms with Crippen molar-refractivity contribution in [2.24, 2.45) is 0 Å². The van der Waals surface area contributed by atoms with Crippen LogP contribution in [0.25, 0.3) is 0 Å². The van der Waals surface area contributed by atoms with Gasteiger partial charge in [-0.15, -0.1) is 0 Å². The van der Waals surface area contributed by atoms with Gasteiger partial charge in [-0.25, -0.2) is 0 Å². The number of hydrazine groups is 1. The van der Waals surface area contributed by atoms with Crippen LogP contribution in [0, 0.1) is 13.8 Å². The van der Waals surface area contributed by atoms with E-state index in [1.165, 1.54) is 11.1 Å². The van der Waals surface area contributed by atoms with Gasteiger partial charge in [-0.3, -0.25) is 20.4 Å². The molecule has 0 bridgehead atoms. The number of nitrogens with one attached hydrogen (secondary N) is 2. The van der Waals surface area contributed by atoms with Crippen LogP contribution in [-0.4, -0.2) is 36.2 Å². The fourth-order valence-corrected chi connectivity index (χ4v) is 3.89. The molecule has 1 amide bonds. The van der Waals surface area contributed by atoms with Crippen molar-refractivity contribution in [3.05, 3.63) is 70.8 Å². The van der Waals surface area contributed by atoms with Gasteiger partial charge in [-0.1, -0.05) is 42.5 Å². The molecule has 0 aliphatic carbocycles. The number of rotatable bonds is 9. The highest BCUT2D eigenvalue weighted by molar-refractivity contribution is 5.98. The number of amides is 1. The van der Waals surface area contributed by atoms with Crippen LogP contribution in [0.5, 0.6) is 0 Å². The standard InChI is InChI=1S/C25H33N3O2/c1-18-11-12-21(16-19(18)2)24(29)13-14-25(30)28(3)15-7-10-22-17-23(27-26-22)20-8-5-4-6-9-20/h4-6,8-9,11-12,16,22-23,26-27H,7,10,13-15,17H2,1-3H3. The van der Waals surface area contributed by atoms with Crippen molar-refractivity contribution in [1.82, 2.24) is 15.8 Å². The Morgan fingerprint density at radius 1 is 1.00 bits per heavy atom. The van der Waals surface area contributed by atoms with E-state index in [0.29, 0.717) is 24.2 Å². The number of benzene rings is 2. The first kappa shape index (κ1) is 22.2. The van der Waals surface area contributed by atoms with Crippen LogP contribution in [0.2, 0.25) is 0 Å². The van der Waals surface area contributed by atoms with Crippen molar-refractivity contribution in [2.45, 2.75) is 58.0 Å². The summed E-state index contributed by atoms with van der Waals surface area (Å²) in [6.45, 7) is 4.74. The molecule has 2 aromatic carbocycles. The number of carbonyl (C=O) groups is 2. The monoisotopic (exact) mass is 407 g/mol. The smallest absolute Gasteiger partial charge is 0.222 e. The van der Waals surface area contributed by atoms with E-state index < -0.39 is 0 Å². The summed E-state index contributed by atoms with van der Waals surface area (Å²) < 4.78 is 0. The molecule has 2 unspecified atom stereocenters. The average Bonchev–Trinajstić information content (AvgIpc) is 3.23. The lowest BCUT2D eigenvalue weighted by Gasteiger charge is -2.18. The zero-order valence-electron chi connectivity index (χ0n) is 18.3. The Hall–Kier alpha value is -2.50. The molecule has 3 rings (SSSR count). The quantitative estimate of drug-likeness (QED) is 0.614. The molecule has 5 heteroatoms. The number of hydrogen-bond acceptors (Lipinski definition) is 4. The Balaban J connectivity index is 1.35. The normalized spacial score (nSPS) is 18.4.